The highest BCUT2D eigenvalue weighted by Gasteiger charge is 2.38. The third-order valence-electron chi connectivity index (χ3n) is 4.35. The number of carbonyl (C=O) groups excluding carboxylic acids is 2. The molecule has 7 heteroatoms. The molecule has 1 aliphatic heterocycles. The van der Waals surface area contributed by atoms with Crippen molar-refractivity contribution in [1.29, 1.82) is 0 Å². The summed E-state index contributed by atoms with van der Waals surface area (Å²) in [5.74, 6) is -2.50. The van der Waals surface area contributed by atoms with E-state index in [0.29, 0.717) is 0 Å². The van der Waals surface area contributed by atoms with Gasteiger partial charge in [0.2, 0.25) is 11.8 Å². The first-order chi connectivity index (χ1) is 11.2. The van der Waals surface area contributed by atoms with E-state index in [1.165, 1.54) is 0 Å². The van der Waals surface area contributed by atoms with Gasteiger partial charge in [-0.15, -0.1) is 0 Å². The lowest BCUT2D eigenvalue weighted by atomic mass is 10.1. The summed E-state index contributed by atoms with van der Waals surface area (Å²) < 4.78 is 0. The molecule has 0 radical (unpaired) electrons. The van der Waals surface area contributed by atoms with E-state index >= 15 is 0 Å². The molecule has 24 heavy (non-hydrogen) atoms. The van der Waals surface area contributed by atoms with Gasteiger partial charge in [-0.2, -0.15) is 0 Å². The molecular formula is C17H22N2O5. The highest BCUT2D eigenvalue weighted by atomic mass is 16.4. The van der Waals surface area contributed by atoms with Gasteiger partial charge >= 0.3 is 5.97 Å². The number of aliphatic hydroxyl groups is 1. The number of hydrogen-bond acceptors (Lipinski definition) is 4. The number of carboxylic acid groups (broad SMARTS) is 1. The smallest absolute Gasteiger partial charge is 0.337 e. The third-order valence-corrected chi connectivity index (χ3v) is 4.35. The Kier molecular flexibility index (Phi) is 5.23. The number of hydrogen-bond donors (Lipinski definition) is 3. The molecule has 7 nitrogen and oxygen atoms in total. The predicted molar refractivity (Wildman–Crippen MR) is 85.9 cm³/mol. The fraction of sp³-hybridized carbons (Fsp3) is 0.471. The van der Waals surface area contributed by atoms with Crippen LogP contribution >= 0.6 is 0 Å². The molecule has 2 rings (SSSR count). The van der Waals surface area contributed by atoms with Gasteiger partial charge in [0.25, 0.3) is 0 Å². The molecule has 1 aromatic carbocycles. The number of rotatable bonds is 6. The van der Waals surface area contributed by atoms with Gasteiger partial charge in [0.05, 0.1) is 18.5 Å². The zero-order valence-electron chi connectivity index (χ0n) is 13.7. The van der Waals surface area contributed by atoms with Gasteiger partial charge in [0, 0.05) is 13.0 Å². The normalized spacial score (nSPS) is 21.2. The molecule has 1 saturated heterocycles. The second kappa shape index (κ2) is 7.00. The number of aliphatic carboxylic acids is 1. The van der Waals surface area contributed by atoms with Crippen LogP contribution < -0.4 is 5.32 Å². The topological polar surface area (TPSA) is 107 Å². The Morgan fingerprint density at radius 2 is 2.00 bits per heavy atom. The van der Waals surface area contributed by atoms with Crippen molar-refractivity contribution in [2.75, 3.05) is 13.1 Å². The standard InChI is InChI=1S/C17H22N2O5/c1-11(12-6-4-3-5-7-12)19-9-13(8-14(19)20)15(21)18-10-17(2,24)16(22)23/h3-7,11,13,24H,8-10H2,1-2H3,(H,18,21)(H,22,23). The number of carboxylic acids is 1. The summed E-state index contributed by atoms with van der Waals surface area (Å²) in [5, 5.41) is 20.9. The van der Waals surface area contributed by atoms with Crippen LogP contribution in [-0.2, 0) is 14.4 Å². The van der Waals surface area contributed by atoms with Crippen LogP contribution in [0.3, 0.4) is 0 Å². The second-order valence-corrected chi connectivity index (χ2v) is 6.33. The fourth-order valence-corrected chi connectivity index (χ4v) is 2.67. The van der Waals surface area contributed by atoms with Crippen molar-refractivity contribution < 1.29 is 24.6 Å². The first kappa shape index (κ1) is 17.9. The predicted octanol–water partition coefficient (Wildman–Crippen LogP) is 0.548. The van der Waals surface area contributed by atoms with Crippen LogP contribution in [0.15, 0.2) is 30.3 Å². The van der Waals surface area contributed by atoms with E-state index in [-0.39, 0.29) is 24.9 Å². The monoisotopic (exact) mass is 334 g/mol. The molecule has 3 N–H and O–H groups in total. The van der Waals surface area contributed by atoms with Crippen LogP contribution in [0.2, 0.25) is 0 Å². The van der Waals surface area contributed by atoms with Crippen LogP contribution in [0.4, 0.5) is 0 Å². The molecule has 0 aromatic heterocycles. The van der Waals surface area contributed by atoms with E-state index in [0.717, 1.165) is 12.5 Å². The SMILES string of the molecule is CC(c1ccccc1)N1CC(C(=O)NCC(C)(O)C(=O)O)CC1=O. The first-order valence-electron chi connectivity index (χ1n) is 7.80. The van der Waals surface area contributed by atoms with Crippen LogP contribution in [0, 0.1) is 5.92 Å². The van der Waals surface area contributed by atoms with Crippen molar-refractivity contribution in [1.82, 2.24) is 10.2 Å². The Morgan fingerprint density at radius 1 is 1.38 bits per heavy atom. The zero-order chi connectivity index (χ0) is 17.9. The zero-order valence-corrected chi connectivity index (χ0v) is 13.7. The van der Waals surface area contributed by atoms with Crippen molar-refractivity contribution >= 4 is 17.8 Å². The van der Waals surface area contributed by atoms with Crippen LogP contribution in [0.1, 0.15) is 31.9 Å². The maximum absolute atomic E-state index is 12.2. The molecule has 3 atom stereocenters. The van der Waals surface area contributed by atoms with Crippen LogP contribution in [0.25, 0.3) is 0 Å². The average molecular weight is 334 g/mol. The van der Waals surface area contributed by atoms with E-state index in [1.54, 1.807) is 4.90 Å². The maximum Gasteiger partial charge on any atom is 0.337 e. The number of carbonyl (C=O) groups is 3. The molecule has 0 spiro atoms. The number of amides is 2. The van der Waals surface area contributed by atoms with Gasteiger partial charge in [-0.05, 0) is 19.4 Å². The minimum Gasteiger partial charge on any atom is -0.479 e. The second-order valence-electron chi connectivity index (χ2n) is 6.33. The molecule has 130 valence electrons. The summed E-state index contributed by atoms with van der Waals surface area (Å²) in [7, 11) is 0. The lowest BCUT2D eigenvalue weighted by Gasteiger charge is -2.25. The molecule has 1 heterocycles. The minimum absolute atomic E-state index is 0.0816. The molecule has 3 unspecified atom stereocenters. The van der Waals surface area contributed by atoms with Crippen molar-refractivity contribution in [3.8, 4) is 0 Å². The van der Waals surface area contributed by atoms with Crippen LogP contribution in [-0.4, -0.2) is 51.6 Å². The summed E-state index contributed by atoms with van der Waals surface area (Å²) in [6.45, 7) is 2.89. The summed E-state index contributed by atoms with van der Waals surface area (Å²) >= 11 is 0. The largest absolute Gasteiger partial charge is 0.479 e. The number of likely N-dealkylation sites (tertiary alicyclic amines) is 1. The van der Waals surface area contributed by atoms with Gasteiger partial charge < -0.3 is 20.4 Å². The lowest BCUT2D eigenvalue weighted by Crippen LogP contribution is -2.48. The van der Waals surface area contributed by atoms with Gasteiger partial charge in [0.1, 0.15) is 0 Å². The fourth-order valence-electron chi connectivity index (χ4n) is 2.67. The summed E-state index contributed by atoms with van der Waals surface area (Å²) in [6, 6.07) is 9.39. The summed E-state index contributed by atoms with van der Waals surface area (Å²) in [5.41, 5.74) is -1.05. The van der Waals surface area contributed by atoms with E-state index in [1.807, 2.05) is 37.3 Å². The Hall–Kier alpha value is -2.41. The van der Waals surface area contributed by atoms with Crippen molar-refractivity contribution in [2.24, 2.45) is 5.92 Å². The van der Waals surface area contributed by atoms with Crippen molar-refractivity contribution in [3.05, 3.63) is 35.9 Å². The molecule has 0 saturated carbocycles. The molecule has 1 aliphatic rings. The Bertz CT molecular complexity index is 629. The molecule has 1 fully saturated rings. The van der Waals surface area contributed by atoms with E-state index < -0.39 is 29.9 Å². The first-order valence-corrected chi connectivity index (χ1v) is 7.80. The highest BCUT2D eigenvalue weighted by molar-refractivity contribution is 5.90. The maximum atomic E-state index is 12.2. The Morgan fingerprint density at radius 3 is 2.58 bits per heavy atom. The summed E-state index contributed by atoms with van der Waals surface area (Å²) in [6.07, 6.45) is 0.0816. The number of nitrogens with zero attached hydrogens (tertiary/aromatic N) is 1. The molecule has 2 amide bonds. The number of benzene rings is 1. The minimum atomic E-state index is -2.03. The van der Waals surface area contributed by atoms with Crippen molar-refractivity contribution in [3.63, 3.8) is 0 Å². The lowest BCUT2D eigenvalue weighted by molar-refractivity contribution is -0.156. The highest BCUT2D eigenvalue weighted by Crippen LogP contribution is 2.28. The quantitative estimate of drug-likeness (QED) is 0.704. The third kappa shape index (κ3) is 3.91. The van der Waals surface area contributed by atoms with Gasteiger partial charge in [-0.3, -0.25) is 9.59 Å². The molecule has 1 aromatic rings. The molecular weight excluding hydrogens is 312 g/mol. The van der Waals surface area contributed by atoms with Crippen LogP contribution in [0.5, 0.6) is 0 Å². The molecule has 0 bridgehead atoms. The Balaban J connectivity index is 1.96. The average Bonchev–Trinajstić information content (AvgIpc) is 2.94. The van der Waals surface area contributed by atoms with E-state index in [2.05, 4.69) is 5.32 Å². The van der Waals surface area contributed by atoms with Gasteiger partial charge in [-0.1, -0.05) is 30.3 Å². The van der Waals surface area contributed by atoms with E-state index in [4.69, 9.17) is 5.11 Å². The summed E-state index contributed by atoms with van der Waals surface area (Å²) in [4.78, 5) is 36.9. The van der Waals surface area contributed by atoms with Gasteiger partial charge in [0.15, 0.2) is 5.60 Å². The molecule has 0 aliphatic carbocycles. The van der Waals surface area contributed by atoms with Crippen molar-refractivity contribution in [2.45, 2.75) is 31.9 Å². The number of nitrogens with one attached hydrogen (secondary N) is 1. The Labute approximate surface area is 140 Å². The van der Waals surface area contributed by atoms with Gasteiger partial charge in [-0.25, -0.2) is 4.79 Å². The van der Waals surface area contributed by atoms with E-state index in [9.17, 15) is 19.5 Å².